The Bertz CT molecular complexity index is 607. The lowest BCUT2D eigenvalue weighted by atomic mass is 9.99. The maximum absolute atomic E-state index is 11.9. The molecular formula is C11H10N2O4. The predicted octanol–water partition coefficient (Wildman–Crippen LogP) is 0.186. The van der Waals surface area contributed by atoms with Crippen LogP contribution in [0.25, 0.3) is 0 Å². The van der Waals surface area contributed by atoms with Crippen LogP contribution in [-0.4, -0.2) is 21.9 Å². The third-order valence-corrected chi connectivity index (χ3v) is 2.74. The number of ketones is 3. The van der Waals surface area contributed by atoms with E-state index in [9.17, 15) is 19.6 Å². The maximum Gasteiger partial charge on any atom is 0.329 e. The number of hydrogen-bond acceptors (Lipinski definition) is 4. The third kappa shape index (κ3) is 1.33. The predicted molar refractivity (Wildman–Crippen MR) is 56.8 cm³/mol. The van der Waals surface area contributed by atoms with E-state index in [1.165, 1.54) is 31.5 Å². The van der Waals surface area contributed by atoms with Crippen LogP contribution in [0.2, 0.25) is 0 Å². The summed E-state index contributed by atoms with van der Waals surface area (Å²) in [7, 11) is 1.42. The van der Waals surface area contributed by atoms with Crippen molar-refractivity contribution in [1.29, 1.82) is 0 Å². The molecule has 1 aromatic heterocycles. The Labute approximate surface area is 96.7 Å². The maximum atomic E-state index is 11.9. The van der Waals surface area contributed by atoms with E-state index in [0.717, 1.165) is 0 Å². The van der Waals surface area contributed by atoms with Gasteiger partial charge in [0, 0.05) is 12.5 Å². The van der Waals surface area contributed by atoms with Crippen LogP contribution in [0.1, 0.15) is 45.4 Å². The number of imidazole rings is 1. The molecule has 0 aromatic carbocycles. The van der Waals surface area contributed by atoms with Crippen molar-refractivity contribution in [1.82, 2.24) is 4.57 Å². The molecule has 0 amide bonds. The van der Waals surface area contributed by atoms with Crippen LogP contribution in [0.5, 0.6) is 0 Å². The van der Waals surface area contributed by atoms with E-state index in [1.54, 1.807) is 0 Å². The average molecular weight is 234 g/mol. The van der Waals surface area contributed by atoms with Gasteiger partial charge in [-0.3, -0.25) is 14.4 Å². The fourth-order valence-electron chi connectivity index (χ4n) is 1.98. The number of hydrogen-bond donors (Lipinski definition) is 0. The molecule has 2 rings (SSSR count). The zero-order valence-corrected chi connectivity index (χ0v) is 9.60. The van der Waals surface area contributed by atoms with E-state index < -0.39 is 17.3 Å². The van der Waals surface area contributed by atoms with Gasteiger partial charge in [-0.2, -0.15) is 0 Å². The highest BCUT2D eigenvalue weighted by molar-refractivity contribution is 6.22. The van der Waals surface area contributed by atoms with Gasteiger partial charge in [0.15, 0.2) is 0 Å². The van der Waals surface area contributed by atoms with Crippen LogP contribution in [0.3, 0.4) is 0 Å². The van der Waals surface area contributed by atoms with Crippen molar-refractivity contribution in [2.75, 3.05) is 0 Å². The van der Waals surface area contributed by atoms with Gasteiger partial charge in [-0.15, -0.1) is 0 Å². The van der Waals surface area contributed by atoms with E-state index in [4.69, 9.17) is 0 Å². The molecule has 0 bridgehead atoms. The van der Waals surface area contributed by atoms with Crippen molar-refractivity contribution in [3.8, 4) is 0 Å². The minimum atomic E-state index is -0.516. The second-order valence-electron chi connectivity index (χ2n) is 3.95. The molecule has 1 aromatic rings. The molecule has 6 nitrogen and oxygen atoms in total. The molecule has 0 N–H and O–H groups in total. The van der Waals surface area contributed by atoms with E-state index in [-0.39, 0.29) is 27.5 Å². The van der Waals surface area contributed by atoms with E-state index in [2.05, 4.69) is 0 Å². The monoisotopic (exact) mass is 234 g/mol. The van der Waals surface area contributed by atoms with Gasteiger partial charge >= 0.3 is 5.82 Å². The van der Waals surface area contributed by atoms with Crippen molar-refractivity contribution in [2.24, 2.45) is 7.05 Å². The highest BCUT2D eigenvalue weighted by Gasteiger charge is 2.38. The van der Waals surface area contributed by atoms with Crippen LogP contribution in [-0.2, 0) is 7.05 Å². The molecule has 0 unspecified atom stereocenters. The average Bonchev–Trinajstić information content (AvgIpc) is 2.47. The first-order chi connectivity index (χ1) is 7.86. The lowest BCUT2D eigenvalue weighted by Crippen LogP contribution is -2.39. The molecule has 0 fully saturated rings. The highest BCUT2D eigenvalue weighted by atomic mass is 16.5. The fraction of sp³-hybridized carbons (Fsp3) is 0.273. The first-order valence-corrected chi connectivity index (χ1v) is 4.96. The Hall–Kier alpha value is -2.24. The molecule has 17 heavy (non-hydrogen) atoms. The zero-order chi connectivity index (χ0) is 12.9. The van der Waals surface area contributed by atoms with Crippen LogP contribution in [0.4, 0.5) is 0 Å². The number of Topliss-reactive ketones (excluding diaryl/α,β-unsaturated/α-hetero) is 2. The summed E-state index contributed by atoms with van der Waals surface area (Å²) in [6.45, 7) is 2.67. The van der Waals surface area contributed by atoms with E-state index in [0.29, 0.717) is 0 Å². The summed E-state index contributed by atoms with van der Waals surface area (Å²) in [5, 5.41) is 11.9. The largest absolute Gasteiger partial charge is 0.710 e. The molecule has 0 radical (unpaired) electrons. The Balaban J connectivity index is 2.85. The normalized spacial score (nSPS) is 14.6. The molecule has 0 aliphatic heterocycles. The quantitative estimate of drug-likeness (QED) is 0.394. The lowest BCUT2D eigenvalue weighted by molar-refractivity contribution is -0.609. The smallest absolute Gasteiger partial charge is 0.329 e. The second-order valence-corrected chi connectivity index (χ2v) is 3.95. The Kier molecular flexibility index (Phi) is 2.23. The zero-order valence-electron chi connectivity index (χ0n) is 9.60. The summed E-state index contributed by atoms with van der Waals surface area (Å²) in [6, 6.07) is 0. The molecule has 1 heterocycles. The molecule has 1 aliphatic carbocycles. The van der Waals surface area contributed by atoms with Crippen molar-refractivity contribution in [2.45, 2.75) is 13.8 Å². The number of rotatable bonds is 1. The first kappa shape index (κ1) is 11.3. The van der Waals surface area contributed by atoms with Crippen LogP contribution < -0.4 is 4.73 Å². The summed E-state index contributed by atoms with van der Waals surface area (Å²) in [5.41, 5.74) is -0.0868. The highest BCUT2D eigenvalue weighted by Crippen LogP contribution is 2.20. The minimum absolute atomic E-state index is 0.0270. The number of nitrogens with zero attached hydrogens (tertiary/aromatic N) is 2. The van der Waals surface area contributed by atoms with Crippen molar-refractivity contribution in [3.63, 3.8) is 0 Å². The molecule has 0 saturated carbocycles. The Morgan fingerprint density at radius 1 is 1.41 bits per heavy atom. The van der Waals surface area contributed by atoms with Gasteiger partial charge in [-0.05, 0) is 13.0 Å². The molecule has 0 spiro atoms. The molecule has 6 heteroatoms. The minimum Gasteiger partial charge on any atom is -0.710 e. The number of carbonyl (C=O) groups is 3. The number of fused-ring (bicyclic) bond motifs is 1. The number of aromatic nitrogens is 2. The van der Waals surface area contributed by atoms with Gasteiger partial charge in [-0.25, -0.2) is 9.30 Å². The first-order valence-electron chi connectivity index (χ1n) is 4.96. The summed E-state index contributed by atoms with van der Waals surface area (Å²) in [5.74, 6) is -1.65. The molecular weight excluding hydrogens is 224 g/mol. The summed E-state index contributed by atoms with van der Waals surface area (Å²) < 4.78 is 1.42. The van der Waals surface area contributed by atoms with Gasteiger partial charge in [0.25, 0.3) is 0 Å². The number of carbonyl (C=O) groups excluding carboxylic acids is 3. The van der Waals surface area contributed by atoms with Crippen molar-refractivity contribution < 1.29 is 19.1 Å². The van der Waals surface area contributed by atoms with Gasteiger partial charge in [-0.1, -0.05) is 0 Å². The van der Waals surface area contributed by atoms with Crippen LogP contribution in [0, 0.1) is 5.21 Å². The molecule has 1 aliphatic rings. The number of allylic oxidation sites excluding steroid dienone is 2. The van der Waals surface area contributed by atoms with Gasteiger partial charge in [0.2, 0.25) is 28.7 Å². The second kappa shape index (κ2) is 3.38. The van der Waals surface area contributed by atoms with Crippen molar-refractivity contribution in [3.05, 3.63) is 34.1 Å². The standard InChI is InChI=1S/C11H10N2O4/c1-5-4-7(15)8-9(10(5)16)13(17)11(6(2)14)12(8)3/h4H,1-3H3. The summed E-state index contributed by atoms with van der Waals surface area (Å²) >= 11 is 0. The van der Waals surface area contributed by atoms with Gasteiger partial charge in [0.1, 0.15) is 0 Å². The van der Waals surface area contributed by atoms with Gasteiger partial charge < -0.3 is 5.21 Å². The van der Waals surface area contributed by atoms with Gasteiger partial charge in [0.05, 0.1) is 7.05 Å². The fourth-order valence-corrected chi connectivity index (χ4v) is 1.98. The Morgan fingerprint density at radius 2 is 2.00 bits per heavy atom. The van der Waals surface area contributed by atoms with Crippen LogP contribution in [0.15, 0.2) is 11.6 Å². The molecule has 88 valence electrons. The lowest BCUT2D eigenvalue weighted by Gasteiger charge is -2.07. The Morgan fingerprint density at radius 3 is 2.53 bits per heavy atom. The SMILES string of the molecule is CC(=O)c1n(C)c2c([n+]1[O-])C(=O)C(C)=CC2=O. The van der Waals surface area contributed by atoms with E-state index in [1.807, 2.05) is 0 Å². The third-order valence-electron chi connectivity index (χ3n) is 2.74. The molecule has 0 atom stereocenters. The van der Waals surface area contributed by atoms with Crippen LogP contribution >= 0.6 is 0 Å². The van der Waals surface area contributed by atoms with Crippen molar-refractivity contribution >= 4 is 17.3 Å². The summed E-state index contributed by atoms with van der Waals surface area (Å²) in [6.07, 6.45) is 1.18. The summed E-state index contributed by atoms with van der Waals surface area (Å²) in [4.78, 5) is 34.9. The molecule has 0 saturated heterocycles. The van der Waals surface area contributed by atoms with E-state index >= 15 is 0 Å². The topological polar surface area (TPSA) is 83.1 Å².